The van der Waals surface area contributed by atoms with Gasteiger partial charge in [-0.05, 0) is 0 Å². The maximum Gasteiger partial charge on any atom is 0.358 e. The largest absolute Gasteiger partial charge is 0.476 e. The van der Waals surface area contributed by atoms with E-state index in [1.165, 1.54) is 6.07 Å². The summed E-state index contributed by atoms with van der Waals surface area (Å²) in [5, 5.41) is 14.2. The highest BCUT2D eigenvalue weighted by Crippen LogP contribution is 2.10. The van der Waals surface area contributed by atoms with Crippen molar-refractivity contribution in [2.24, 2.45) is 0 Å². The lowest BCUT2D eigenvalue weighted by Gasteiger charge is -2.08. The van der Waals surface area contributed by atoms with Gasteiger partial charge in [-0.1, -0.05) is 5.16 Å². The van der Waals surface area contributed by atoms with E-state index in [4.69, 9.17) is 5.11 Å². The van der Waals surface area contributed by atoms with Crippen molar-refractivity contribution in [3.05, 3.63) is 17.5 Å². The Kier molecular flexibility index (Phi) is 2.31. The van der Waals surface area contributed by atoms with Crippen molar-refractivity contribution in [1.29, 1.82) is 0 Å². The molecule has 0 spiro atoms. The Morgan fingerprint density at radius 3 is 2.88 bits per heavy atom. The van der Waals surface area contributed by atoms with E-state index in [2.05, 4.69) is 15.0 Å². The lowest BCUT2D eigenvalue weighted by atomic mass is 10.3. The highest BCUT2D eigenvalue weighted by Gasteiger charge is 2.29. The van der Waals surface area contributed by atoms with Gasteiger partial charge in [-0.25, -0.2) is 9.59 Å². The minimum atomic E-state index is -1.23. The van der Waals surface area contributed by atoms with Crippen LogP contribution >= 0.6 is 0 Å². The first-order chi connectivity index (χ1) is 7.58. The molecule has 1 aliphatic heterocycles. The van der Waals surface area contributed by atoms with Gasteiger partial charge in [-0.15, -0.1) is 0 Å². The fourth-order valence-electron chi connectivity index (χ4n) is 1.26. The molecule has 0 radical (unpaired) electrons. The molecule has 0 unspecified atom stereocenters. The molecule has 0 aromatic carbocycles. The Bertz CT molecular complexity index is 450. The molecule has 8 heteroatoms. The van der Waals surface area contributed by atoms with Crippen molar-refractivity contribution in [2.75, 3.05) is 6.54 Å². The predicted octanol–water partition coefficient (Wildman–Crippen LogP) is -0.575. The summed E-state index contributed by atoms with van der Waals surface area (Å²) in [5.41, 5.74) is -0.262. The number of aromatic carboxylic acids is 1. The molecule has 2 rings (SSSR count). The Labute approximate surface area is 88.8 Å². The molecule has 0 bridgehead atoms. The topological polar surface area (TPSA) is 113 Å². The Morgan fingerprint density at radius 1 is 1.62 bits per heavy atom. The minimum Gasteiger partial charge on any atom is -0.476 e. The molecule has 1 fully saturated rings. The van der Waals surface area contributed by atoms with Crippen LogP contribution in [0.1, 0.15) is 16.2 Å². The normalized spacial score (nSPS) is 15.4. The zero-order valence-corrected chi connectivity index (χ0v) is 7.97. The van der Waals surface area contributed by atoms with Gasteiger partial charge in [0.2, 0.25) is 5.91 Å². The Balaban J connectivity index is 2.11. The number of carboxylic acids is 1. The first-order valence-corrected chi connectivity index (χ1v) is 4.35. The Morgan fingerprint density at radius 2 is 2.38 bits per heavy atom. The van der Waals surface area contributed by atoms with Gasteiger partial charge in [0, 0.05) is 6.07 Å². The average Bonchev–Trinajstić information content (AvgIpc) is 2.80. The molecule has 3 amide bonds. The van der Waals surface area contributed by atoms with Crippen LogP contribution in [0.3, 0.4) is 0 Å². The zero-order chi connectivity index (χ0) is 11.7. The van der Waals surface area contributed by atoms with Crippen molar-refractivity contribution in [2.45, 2.75) is 6.54 Å². The number of amides is 3. The number of nitrogens with zero attached hydrogens (tertiary/aromatic N) is 2. The summed E-state index contributed by atoms with van der Waals surface area (Å²) in [6, 6.07) is 0.638. The number of hydrogen-bond donors (Lipinski definition) is 2. The molecule has 2 N–H and O–H groups in total. The summed E-state index contributed by atoms with van der Waals surface area (Å²) >= 11 is 0. The highest BCUT2D eigenvalue weighted by atomic mass is 16.5. The van der Waals surface area contributed by atoms with Crippen LogP contribution in [0.25, 0.3) is 0 Å². The smallest absolute Gasteiger partial charge is 0.358 e. The van der Waals surface area contributed by atoms with Crippen molar-refractivity contribution in [3.8, 4) is 0 Å². The van der Waals surface area contributed by atoms with Crippen LogP contribution in [0.5, 0.6) is 0 Å². The first-order valence-electron chi connectivity index (χ1n) is 4.35. The van der Waals surface area contributed by atoms with Gasteiger partial charge in [-0.2, -0.15) is 0 Å². The summed E-state index contributed by atoms with van der Waals surface area (Å²) in [6.07, 6.45) is 0. The lowest BCUT2D eigenvalue weighted by molar-refractivity contribution is -0.125. The van der Waals surface area contributed by atoms with Gasteiger partial charge < -0.3 is 14.9 Å². The molecule has 1 aromatic heterocycles. The average molecular weight is 225 g/mol. The van der Waals surface area contributed by atoms with E-state index in [1.54, 1.807) is 0 Å². The van der Waals surface area contributed by atoms with Crippen molar-refractivity contribution < 1.29 is 24.0 Å². The van der Waals surface area contributed by atoms with Crippen LogP contribution in [-0.4, -0.2) is 39.6 Å². The maximum absolute atomic E-state index is 11.2. The van der Waals surface area contributed by atoms with Crippen molar-refractivity contribution in [3.63, 3.8) is 0 Å². The second kappa shape index (κ2) is 3.65. The van der Waals surface area contributed by atoms with E-state index in [0.29, 0.717) is 0 Å². The van der Waals surface area contributed by atoms with E-state index in [1.807, 2.05) is 0 Å². The fraction of sp³-hybridized carbons (Fsp3) is 0.250. The van der Waals surface area contributed by atoms with Crippen molar-refractivity contribution in [1.82, 2.24) is 15.4 Å². The van der Waals surface area contributed by atoms with Crippen LogP contribution < -0.4 is 5.32 Å². The fourth-order valence-corrected chi connectivity index (χ4v) is 1.26. The van der Waals surface area contributed by atoms with E-state index >= 15 is 0 Å². The number of carbonyl (C=O) groups is 3. The molecule has 1 aromatic rings. The molecule has 84 valence electrons. The number of aromatic nitrogens is 1. The van der Waals surface area contributed by atoms with Crippen molar-refractivity contribution >= 4 is 17.9 Å². The second-order valence-corrected chi connectivity index (χ2v) is 3.12. The van der Waals surface area contributed by atoms with Crippen LogP contribution in [-0.2, 0) is 11.3 Å². The predicted molar refractivity (Wildman–Crippen MR) is 47.4 cm³/mol. The summed E-state index contributed by atoms with van der Waals surface area (Å²) in [7, 11) is 0. The molecular formula is C8H7N3O5. The van der Waals surface area contributed by atoms with E-state index < -0.39 is 17.9 Å². The summed E-state index contributed by atoms with van der Waals surface area (Å²) in [5.74, 6) is -1.48. The third-order valence-electron chi connectivity index (χ3n) is 2.03. The standard InChI is InChI=1S/C8H7N3O5/c12-6-2-9-8(15)11(6)3-4-1-5(7(13)14)10-16-4/h1H,2-3H2,(H,9,15)(H,13,14). The lowest BCUT2D eigenvalue weighted by Crippen LogP contribution is -2.30. The second-order valence-electron chi connectivity index (χ2n) is 3.12. The summed E-state index contributed by atoms with van der Waals surface area (Å²) in [4.78, 5) is 33.8. The molecule has 16 heavy (non-hydrogen) atoms. The van der Waals surface area contributed by atoms with Gasteiger partial charge in [-0.3, -0.25) is 9.69 Å². The van der Waals surface area contributed by atoms with Gasteiger partial charge in [0.15, 0.2) is 11.5 Å². The van der Waals surface area contributed by atoms with Crippen LogP contribution in [0.2, 0.25) is 0 Å². The van der Waals surface area contributed by atoms with Gasteiger partial charge >= 0.3 is 12.0 Å². The molecule has 1 saturated heterocycles. The molecule has 0 aliphatic carbocycles. The first kappa shape index (κ1) is 10.1. The molecular weight excluding hydrogens is 218 g/mol. The number of carboxylic acid groups (broad SMARTS) is 1. The number of imide groups is 1. The van der Waals surface area contributed by atoms with Gasteiger partial charge in [0.05, 0.1) is 13.1 Å². The molecule has 0 saturated carbocycles. The zero-order valence-electron chi connectivity index (χ0n) is 7.97. The third kappa shape index (κ3) is 1.72. The van der Waals surface area contributed by atoms with Crippen LogP contribution in [0.15, 0.2) is 10.6 Å². The summed E-state index contributed by atoms with van der Waals surface area (Å²) < 4.78 is 4.68. The maximum atomic E-state index is 11.2. The number of hydrogen-bond acceptors (Lipinski definition) is 5. The monoisotopic (exact) mass is 225 g/mol. The van der Waals surface area contributed by atoms with Gasteiger partial charge in [0.1, 0.15) is 0 Å². The Hall–Kier alpha value is -2.38. The molecule has 1 aliphatic rings. The van der Waals surface area contributed by atoms with E-state index in [-0.39, 0.29) is 24.5 Å². The van der Waals surface area contributed by atoms with Gasteiger partial charge in [0.25, 0.3) is 0 Å². The third-order valence-corrected chi connectivity index (χ3v) is 2.03. The molecule has 2 heterocycles. The molecule has 8 nitrogen and oxygen atoms in total. The highest BCUT2D eigenvalue weighted by molar-refractivity contribution is 6.01. The van der Waals surface area contributed by atoms with E-state index in [0.717, 1.165) is 4.90 Å². The van der Waals surface area contributed by atoms with Crippen LogP contribution in [0.4, 0.5) is 4.79 Å². The SMILES string of the molecule is O=C(O)c1cc(CN2C(=O)CNC2=O)on1. The number of rotatable bonds is 3. The minimum absolute atomic E-state index is 0.0568. The number of nitrogens with one attached hydrogen (secondary N) is 1. The molecule has 0 atom stereocenters. The quantitative estimate of drug-likeness (QED) is 0.665. The van der Waals surface area contributed by atoms with Crippen LogP contribution in [0, 0.1) is 0 Å². The number of urea groups is 1. The van der Waals surface area contributed by atoms with E-state index in [9.17, 15) is 14.4 Å². The summed E-state index contributed by atoms with van der Waals surface area (Å²) in [6.45, 7) is -0.177. The number of carbonyl (C=O) groups excluding carboxylic acids is 2.